The molecule has 0 aromatic heterocycles. The first kappa shape index (κ1) is 20.1. The van der Waals surface area contributed by atoms with Crippen LogP contribution in [0.3, 0.4) is 0 Å². The highest BCUT2D eigenvalue weighted by Gasteiger charge is 2.25. The molecular weight excluding hydrogens is 342 g/mol. The van der Waals surface area contributed by atoms with Crippen LogP contribution >= 0.6 is 0 Å². The van der Waals surface area contributed by atoms with Crippen molar-refractivity contribution in [1.82, 2.24) is 10.2 Å². The second kappa shape index (κ2) is 8.47. The number of aryl methyl sites for hydroxylation is 1. The normalized spacial score (nSPS) is 15.7. The molecule has 0 aliphatic carbocycles. The molecule has 7 heteroatoms. The summed E-state index contributed by atoms with van der Waals surface area (Å²) in [4.78, 5) is 25.8. The summed E-state index contributed by atoms with van der Waals surface area (Å²) in [5.74, 6) is -1.88. The molecule has 1 N–H and O–H groups in total. The van der Waals surface area contributed by atoms with Gasteiger partial charge in [-0.15, -0.1) is 0 Å². The fraction of sp³-hybridized carbons (Fsp3) is 0.579. The van der Waals surface area contributed by atoms with Gasteiger partial charge in [0.15, 0.2) is 11.6 Å². The third kappa shape index (κ3) is 5.97. The average Bonchev–Trinajstić information content (AvgIpc) is 2.55. The molecule has 0 unspecified atom stereocenters. The van der Waals surface area contributed by atoms with Gasteiger partial charge < -0.3 is 15.0 Å². The molecule has 0 bridgehead atoms. The van der Waals surface area contributed by atoms with E-state index in [2.05, 4.69) is 5.32 Å². The van der Waals surface area contributed by atoms with Gasteiger partial charge in [-0.1, -0.05) is 12.1 Å². The molecule has 26 heavy (non-hydrogen) atoms. The van der Waals surface area contributed by atoms with Crippen LogP contribution in [0.4, 0.5) is 13.6 Å². The Hall–Kier alpha value is -2.18. The Morgan fingerprint density at radius 1 is 1.23 bits per heavy atom. The number of benzene rings is 1. The highest BCUT2D eigenvalue weighted by Crippen LogP contribution is 2.16. The maximum atomic E-state index is 13.6. The maximum Gasteiger partial charge on any atom is 0.407 e. The highest BCUT2D eigenvalue weighted by atomic mass is 19.2. The van der Waals surface area contributed by atoms with Crippen molar-refractivity contribution in [1.29, 1.82) is 0 Å². The molecule has 1 aliphatic rings. The first-order valence-corrected chi connectivity index (χ1v) is 8.86. The van der Waals surface area contributed by atoms with Crippen LogP contribution in [0.2, 0.25) is 0 Å². The number of nitrogens with one attached hydrogen (secondary N) is 1. The average molecular weight is 368 g/mol. The van der Waals surface area contributed by atoms with Gasteiger partial charge in [-0.25, -0.2) is 13.6 Å². The third-order valence-corrected chi connectivity index (χ3v) is 4.21. The maximum absolute atomic E-state index is 13.6. The number of nitrogens with zero attached hydrogens (tertiary/aromatic N) is 1. The lowest BCUT2D eigenvalue weighted by Crippen LogP contribution is -2.47. The van der Waals surface area contributed by atoms with Crippen LogP contribution in [-0.2, 0) is 16.0 Å². The number of carbonyl (C=O) groups excluding carboxylic acids is 2. The lowest BCUT2D eigenvalue weighted by atomic mass is 10.0. The zero-order valence-electron chi connectivity index (χ0n) is 15.5. The number of likely N-dealkylation sites (tertiary alicyclic amines) is 1. The minimum atomic E-state index is -0.899. The summed E-state index contributed by atoms with van der Waals surface area (Å²) >= 11 is 0. The lowest BCUT2D eigenvalue weighted by Gasteiger charge is -2.33. The minimum absolute atomic E-state index is 0.0328. The number of rotatable bonds is 4. The van der Waals surface area contributed by atoms with Crippen LogP contribution in [0.1, 0.15) is 45.6 Å². The van der Waals surface area contributed by atoms with Crippen molar-refractivity contribution in [2.24, 2.45) is 0 Å². The summed E-state index contributed by atoms with van der Waals surface area (Å²) < 4.78 is 32.1. The van der Waals surface area contributed by atoms with Crippen molar-refractivity contribution in [3.05, 3.63) is 35.4 Å². The molecule has 2 amide bonds. The molecule has 0 spiro atoms. The molecule has 144 valence electrons. The van der Waals surface area contributed by atoms with Crippen molar-refractivity contribution < 1.29 is 23.1 Å². The lowest BCUT2D eigenvalue weighted by molar-refractivity contribution is -0.132. The molecule has 0 atom stereocenters. The quantitative estimate of drug-likeness (QED) is 0.886. The highest BCUT2D eigenvalue weighted by molar-refractivity contribution is 5.76. The van der Waals surface area contributed by atoms with Gasteiger partial charge in [0.2, 0.25) is 5.91 Å². The summed E-state index contributed by atoms with van der Waals surface area (Å²) in [7, 11) is 0. The number of piperidine rings is 1. The molecule has 1 aromatic rings. The summed E-state index contributed by atoms with van der Waals surface area (Å²) in [5, 5.41) is 2.82. The zero-order valence-corrected chi connectivity index (χ0v) is 15.5. The monoisotopic (exact) mass is 368 g/mol. The molecular formula is C19H26F2N2O3. The van der Waals surface area contributed by atoms with Gasteiger partial charge in [0.25, 0.3) is 0 Å². The predicted octanol–water partition coefficient (Wildman–Crippen LogP) is 3.41. The Bertz CT molecular complexity index is 651. The number of hydrogen-bond acceptors (Lipinski definition) is 3. The number of ether oxygens (including phenoxy) is 1. The molecule has 1 heterocycles. The van der Waals surface area contributed by atoms with Crippen LogP contribution in [0.15, 0.2) is 18.2 Å². The first-order valence-electron chi connectivity index (χ1n) is 8.86. The SMILES string of the molecule is CC(C)(C)OC(=O)NC1CCN(C(=O)CCc2cccc(F)c2F)CC1. The van der Waals surface area contributed by atoms with Gasteiger partial charge >= 0.3 is 6.09 Å². The van der Waals surface area contributed by atoms with Crippen LogP contribution in [-0.4, -0.2) is 41.6 Å². The Morgan fingerprint density at radius 2 is 1.88 bits per heavy atom. The van der Waals surface area contributed by atoms with Crippen molar-refractivity contribution >= 4 is 12.0 Å². The number of carbonyl (C=O) groups is 2. The minimum Gasteiger partial charge on any atom is -0.444 e. The molecule has 1 saturated heterocycles. The van der Waals surface area contributed by atoms with E-state index in [4.69, 9.17) is 4.74 Å². The second-order valence-corrected chi connectivity index (χ2v) is 7.51. The standard InChI is InChI=1S/C19H26F2N2O3/c1-19(2,3)26-18(25)22-14-9-11-23(12-10-14)16(24)8-7-13-5-4-6-15(20)17(13)21/h4-6,14H,7-12H2,1-3H3,(H,22,25). The molecule has 0 saturated carbocycles. The van der Waals surface area contributed by atoms with Crippen LogP contribution < -0.4 is 5.32 Å². The third-order valence-electron chi connectivity index (χ3n) is 4.21. The Balaban J connectivity index is 1.76. The van der Waals surface area contributed by atoms with E-state index in [0.29, 0.717) is 25.9 Å². The summed E-state index contributed by atoms with van der Waals surface area (Å²) in [6, 6.07) is 3.95. The van der Waals surface area contributed by atoms with E-state index >= 15 is 0 Å². The number of halogens is 2. The predicted molar refractivity (Wildman–Crippen MR) is 93.7 cm³/mol. The van der Waals surface area contributed by atoms with Gasteiger partial charge in [-0.05, 0) is 51.7 Å². The molecule has 5 nitrogen and oxygen atoms in total. The summed E-state index contributed by atoms with van der Waals surface area (Å²) in [6.45, 7) is 6.44. The first-order chi connectivity index (χ1) is 12.2. The van der Waals surface area contributed by atoms with Crippen molar-refractivity contribution in [2.75, 3.05) is 13.1 Å². The smallest absolute Gasteiger partial charge is 0.407 e. The van der Waals surface area contributed by atoms with Crippen molar-refractivity contribution in [3.63, 3.8) is 0 Å². The second-order valence-electron chi connectivity index (χ2n) is 7.51. The Morgan fingerprint density at radius 3 is 2.50 bits per heavy atom. The Kier molecular flexibility index (Phi) is 6.56. The fourth-order valence-corrected chi connectivity index (χ4v) is 2.89. The zero-order chi connectivity index (χ0) is 19.3. The number of alkyl carbamates (subject to hydrolysis) is 1. The molecule has 0 radical (unpaired) electrons. The van der Waals surface area contributed by atoms with Gasteiger partial charge in [0, 0.05) is 25.6 Å². The summed E-state index contributed by atoms with van der Waals surface area (Å²) in [5.41, 5.74) is -0.340. The van der Waals surface area contributed by atoms with E-state index in [1.807, 2.05) is 0 Å². The topological polar surface area (TPSA) is 58.6 Å². The van der Waals surface area contributed by atoms with Crippen molar-refractivity contribution in [3.8, 4) is 0 Å². The van der Waals surface area contributed by atoms with E-state index in [9.17, 15) is 18.4 Å². The van der Waals surface area contributed by atoms with Gasteiger partial charge in [-0.3, -0.25) is 4.79 Å². The largest absolute Gasteiger partial charge is 0.444 e. The molecule has 1 fully saturated rings. The Labute approximate surface area is 152 Å². The van der Waals surface area contributed by atoms with Crippen LogP contribution in [0.25, 0.3) is 0 Å². The molecule has 1 aromatic carbocycles. The molecule has 2 rings (SSSR count). The van der Waals surface area contributed by atoms with E-state index in [0.717, 1.165) is 6.07 Å². The van der Waals surface area contributed by atoms with Gasteiger partial charge in [-0.2, -0.15) is 0 Å². The van der Waals surface area contributed by atoms with E-state index < -0.39 is 23.3 Å². The van der Waals surface area contributed by atoms with Crippen LogP contribution in [0, 0.1) is 11.6 Å². The van der Waals surface area contributed by atoms with E-state index in [1.165, 1.54) is 12.1 Å². The molecule has 1 aliphatic heterocycles. The number of hydrogen-bond donors (Lipinski definition) is 1. The van der Waals surface area contributed by atoms with Crippen LogP contribution in [0.5, 0.6) is 0 Å². The van der Waals surface area contributed by atoms with E-state index in [1.54, 1.807) is 25.7 Å². The van der Waals surface area contributed by atoms with Crippen molar-refractivity contribution in [2.45, 2.75) is 58.1 Å². The van der Waals surface area contributed by atoms with Gasteiger partial charge in [0.05, 0.1) is 0 Å². The van der Waals surface area contributed by atoms with Gasteiger partial charge in [0.1, 0.15) is 5.60 Å². The fourth-order valence-electron chi connectivity index (χ4n) is 2.89. The van der Waals surface area contributed by atoms with E-state index in [-0.39, 0.29) is 30.4 Å². The summed E-state index contributed by atoms with van der Waals surface area (Å²) in [6.07, 6.45) is 1.12. The number of amides is 2.